The summed E-state index contributed by atoms with van der Waals surface area (Å²) in [4.78, 5) is 8.33. The molecule has 0 aliphatic heterocycles. The Balaban J connectivity index is 1.26. The molecule has 2 atom stereocenters. The number of nitrogens with one attached hydrogen (secondary N) is 3. The lowest BCUT2D eigenvalue weighted by Gasteiger charge is -2.24. The predicted octanol–water partition coefficient (Wildman–Crippen LogP) is 7.49. The van der Waals surface area contributed by atoms with Crippen molar-refractivity contribution in [1.82, 2.24) is 15.3 Å². The third kappa shape index (κ3) is 5.70. The molecular formula is C35H34N4O. The van der Waals surface area contributed by atoms with E-state index in [0.717, 1.165) is 47.5 Å². The fourth-order valence-electron chi connectivity index (χ4n) is 5.47. The Morgan fingerprint density at radius 1 is 0.775 bits per heavy atom. The average molecular weight is 527 g/mol. The molecule has 0 aliphatic rings. The summed E-state index contributed by atoms with van der Waals surface area (Å²) >= 11 is 0. The number of methoxy groups -OCH3 is 1. The van der Waals surface area contributed by atoms with Crippen LogP contribution < -0.4 is 15.4 Å². The Labute approximate surface area is 235 Å². The van der Waals surface area contributed by atoms with Gasteiger partial charge in [-0.1, -0.05) is 91.0 Å². The van der Waals surface area contributed by atoms with Gasteiger partial charge in [0.2, 0.25) is 0 Å². The number of hydrogen-bond donors (Lipinski definition) is 3. The van der Waals surface area contributed by atoms with Gasteiger partial charge in [-0.2, -0.15) is 0 Å². The highest BCUT2D eigenvalue weighted by Gasteiger charge is 2.20. The minimum absolute atomic E-state index is 0.156. The molecule has 0 saturated heterocycles. The molecule has 0 radical (unpaired) electrons. The van der Waals surface area contributed by atoms with Gasteiger partial charge in [0.25, 0.3) is 0 Å². The lowest BCUT2D eigenvalue weighted by Crippen LogP contribution is -2.31. The molecule has 40 heavy (non-hydrogen) atoms. The molecule has 0 bridgehead atoms. The number of pyridine rings is 1. The Morgan fingerprint density at radius 3 is 2.27 bits per heavy atom. The lowest BCUT2D eigenvalue weighted by atomic mass is 9.95. The number of H-pyrrole nitrogens is 1. The number of aromatic nitrogens is 2. The first-order valence-electron chi connectivity index (χ1n) is 13.8. The molecule has 2 aromatic heterocycles. The number of ether oxygens (including phenoxy) is 1. The van der Waals surface area contributed by atoms with E-state index in [4.69, 9.17) is 9.72 Å². The number of nitrogens with zero attached hydrogens (tertiary/aromatic N) is 1. The molecule has 200 valence electrons. The number of anilines is 1. The van der Waals surface area contributed by atoms with Gasteiger partial charge in [-0.25, -0.2) is 4.98 Å². The maximum absolute atomic E-state index is 5.68. The first kappa shape index (κ1) is 25.7. The van der Waals surface area contributed by atoms with Crippen LogP contribution in [0.2, 0.25) is 0 Å². The molecule has 1 unspecified atom stereocenters. The summed E-state index contributed by atoms with van der Waals surface area (Å²) in [5, 5.41) is 9.83. The molecule has 5 nitrogen and oxygen atoms in total. The highest BCUT2D eigenvalue weighted by Crippen LogP contribution is 2.29. The molecule has 0 fully saturated rings. The summed E-state index contributed by atoms with van der Waals surface area (Å²) < 4.78 is 5.68. The summed E-state index contributed by atoms with van der Waals surface area (Å²) in [6.07, 6.45) is 3.06. The predicted molar refractivity (Wildman–Crippen MR) is 165 cm³/mol. The van der Waals surface area contributed by atoms with Crippen LogP contribution in [0.15, 0.2) is 121 Å². The van der Waals surface area contributed by atoms with Gasteiger partial charge in [0.15, 0.2) is 0 Å². The first-order valence-corrected chi connectivity index (χ1v) is 13.8. The maximum atomic E-state index is 5.68. The van der Waals surface area contributed by atoms with E-state index in [1.807, 2.05) is 30.3 Å². The van der Waals surface area contributed by atoms with E-state index in [1.165, 1.54) is 22.1 Å². The molecule has 3 N–H and O–H groups in total. The van der Waals surface area contributed by atoms with Crippen molar-refractivity contribution in [3.8, 4) is 5.75 Å². The van der Waals surface area contributed by atoms with Crippen LogP contribution in [-0.2, 0) is 6.42 Å². The summed E-state index contributed by atoms with van der Waals surface area (Å²) in [7, 11) is 1.71. The second-order valence-corrected chi connectivity index (χ2v) is 10.2. The number of rotatable bonds is 11. The largest absolute Gasteiger partial charge is 0.496 e. The average Bonchev–Trinajstić information content (AvgIpc) is 3.45. The standard InChI is InChI=1S/C35H34N4O/c1-40-34-21-35(39-32-19-11-9-17-29(32)34)38-23-27(26-14-6-3-7-15-26)22-36-33(20-25-12-4-2-5-13-25)30-24-37-31-18-10-8-16-28(30)31/h2-19,21,24,27,33,36-37H,20,22-23H2,1H3,(H,38,39)/t27?,33-/m1/s1. The Morgan fingerprint density at radius 2 is 1.48 bits per heavy atom. The quantitative estimate of drug-likeness (QED) is 0.164. The molecule has 0 spiro atoms. The lowest BCUT2D eigenvalue weighted by molar-refractivity contribution is 0.419. The van der Waals surface area contributed by atoms with Crippen LogP contribution in [-0.4, -0.2) is 30.2 Å². The minimum atomic E-state index is 0.156. The molecule has 0 amide bonds. The number of aromatic amines is 1. The van der Waals surface area contributed by atoms with Crippen molar-refractivity contribution in [2.45, 2.75) is 18.4 Å². The van der Waals surface area contributed by atoms with Gasteiger partial charge in [0.05, 0.1) is 12.6 Å². The fourth-order valence-corrected chi connectivity index (χ4v) is 5.47. The molecule has 2 heterocycles. The summed E-state index contributed by atoms with van der Waals surface area (Å²) in [6.45, 7) is 1.54. The third-order valence-corrected chi connectivity index (χ3v) is 7.59. The Kier molecular flexibility index (Phi) is 7.73. The van der Waals surface area contributed by atoms with E-state index in [-0.39, 0.29) is 12.0 Å². The number of fused-ring (bicyclic) bond motifs is 2. The van der Waals surface area contributed by atoms with Crippen LogP contribution in [0.1, 0.15) is 28.7 Å². The van der Waals surface area contributed by atoms with Crippen molar-refractivity contribution in [2.75, 3.05) is 25.5 Å². The van der Waals surface area contributed by atoms with Gasteiger partial charge >= 0.3 is 0 Å². The summed E-state index contributed by atoms with van der Waals surface area (Å²) in [6, 6.07) is 40.2. The van der Waals surface area contributed by atoms with Crippen LogP contribution in [0.5, 0.6) is 5.75 Å². The molecule has 4 aromatic carbocycles. The van der Waals surface area contributed by atoms with E-state index in [0.29, 0.717) is 0 Å². The molecule has 0 aliphatic carbocycles. The second-order valence-electron chi connectivity index (χ2n) is 10.2. The van der Waals surface area contributed by atoms with Gasteiger partial charge in [0.1, 0.15) is 11.6 Å². The molecule has 5 heteroatoms. The smallest absolute Gasteiger partial charge is 0.131 e. The van der Waals surface area contributed by atoms with E-state index in [2.05, 4.69) is 107 Å². The van der Waals surface area contributed by atoms with Crippen molar-refractivity contribution in [3.63, 3.8) is 0 Å². The van der Waals surface area contributed by atoms with Crippen LogP contribution >= 0.6 is 0 Å². The van der Waals surface area contributed by atoms with E-state index < -0.39 is 0 Å². The SMILES string of the molecule is COc1cc(NCC(CN[C@H](Cc2ccccc2)c2c[nH]c3ccccc23)c2ccccc2)nc2ccccc12. The number of benzene rings is 4. The Hall–Kier alpha value is -4.61. The number of hydrogen-bond acceptors (Lipinski definition) is 4. The van der Waals surface area contributed by atoms with Gasteiger partial charge in [-0.15, -0.1) is 0 Å². The van der Waals surface area contributed by atoms with Crippen molar-refractivity contribution in [2.24, 2.45) is 0 Å². The van der Waals surface area contributed by atoms with Crippen LogP contribution in [0.3, 0.4) is 0 Å². The molecule has 6 rings (SSSR count). The zero-order chi connectivity index (χ0) is 27.1. The molecule has 0 saturated carbocycles. The van der Waals surface area contributed by atoms with E-state index >= 15 is 0 Å². The van der Waals surface area contributed by atoms with Gasteiger partial charge in [0, 0.05) is 53.6 Å². The third-order valence-electron chi connectivity index (χ3n) is 7.59. The Bertz CT molecular complexity index is 1680. The summed E-state index contributed by atoms with van der Waals surface area (Å²) in [5.74, 6) is 1.86. The van der Waals surface area contributed by atoms with Crippen molar-refractivity contribution < 1.29 is 4.74 Å². The van der Waals surface area contributed by atoms with E-state index in [1.54, 1.807) is 7.11 Å². The number of para-hydroxylation sites is 2. The van der Waals surface area contributed by atoms with Crippen molar-refractivity contribution >= 4 is 27.6 Å². The fraction of sp³-hybridized carbons (Fsp3) is 0.171. The second kappa shape index (κ2) is 12.1. The highest BCUT2D eigenvalue weighted by molar-refractivity contribution is 5.87. The normalized spacial score (nSPS) is 12.8. The van der Waals surface area contributed by atoms with Crippen molar-refractivity contribution in [3.05, 3.63) is 138 Å². The topological polar surface area (TPSA) is 62.0 Å². The van der Waals surface area contributed by atoms with Gasteiger partial charge in [-0.3, -0.25) is 0 Å². The zero-order valence-electron chi connectivity index (χ0n) is 22.7. The van der Waals surface area contributed by atoms with Gasteiger partial charge < -0.3 is 20.4 Å². The van der Waals surface area contributed by atoms with E-state index in [9.17, 15) is 0 Å². The highest BCUT2D eigenvalue weighted by atomic mass is 16.5. The maximum Gasteiger partial charge on any atom is 0.131 e. The van der Waals surface area contributed by atoms with Gasteiger partial charge in [-0.05, 0) is 41.3 Å². The first-order chi connectivity index (χ1) is 19.8. The summed E-state index contributed by atoms with van der Waals surface area (Å²) in [5.41, 5.74) is 5.97. The van der Waals surface area contributed by atoms with Crippen LogP contribution in [0.25, 0.3) is 21.8 Å². The van der Waals surface area contributed by atoms with Crippen molar-refractivity contribution in [1.29, 1.82) is 0 Å². The molecule has 6 aromatic rings. The monoisotopic (exact) mass is 526 g/mol. The van der Waals surface area contributed by atoms with Crippen LogP contribution in [0.4, 0.5) is 5.82 Å². The molecular weight excluding hydrogens is 492 g/mol. The minimum Gasteiger partial charge on any atom is -0.496 e. The zero-order valence-corrected chi connectivity index (χ0v) is 22.7. The van der Waals surface area contributed by atoms with Crippen LogP contribution in [0, 0.1) is 0 Å².